The highest BCUT2D eigenvalue weighted by Crippen LogP contribution is 2.33. The van der Waals surface area contributed by atoms with Crippen LogP contribution in [0.4, 0.5) is 10.2 Å². The minimum Gasteiger partial charge on any atom is -0.373 e. The van der Waals surface area contributed by atoms with Gasteiger partial charge in [-0.2, -0.15) is 0 Å². The lowest BCUT2D eigenvalue weighted by Crippen LogP contribution is -2.40. The highest BCUT2D eigenvalue weighted by molar-refractivity contribution is 5.77. The van der Waals surface area contributed by atoms with Gasteiger partial charge in [0, 0.05) is 45.5 Å². The van der Waals surface area contributed by atoms with Gasteiger partial charge in [0.25, 0.3) is 0 Å². The quantitative estimate of drug-likeness (QED) is 0.774. The lowest BCUT2D eigenvalue weighted by Gasteiger charge is -2.36. The number of piperidine rings is 1. The zero-order chi connectivity index (χ0) is 22.7. The fourth-order valence-corrected chi connectivity index (χ4v) is 4.60. The van der Waals surface area contributed by atoms with Crippen molar-refractivity contribution in [2.24, 2.45) is 0 Å². The second-order valence-corrected chi connectivity index (χ2v) is 8.52. The molecule has 1 aromatic carbocycles. The van der Waals surface area contributed by atoms with E-state index in [2.05, 4.69) is 5.32 Å². The van der Waals surface area contributed by atoms with E-state index in [4.69, 9.17) is 9.97 Å². The Hall–Kier alpha value is -3.03. The Bertz CT molecular complexity index is 977. The molecule has 1 atom stereocenters. The molecule has 32 heavy (non-hydrogen) atoms. The summed E-state index contributed by atoms with van der Waals surface area (Å²) in [6.45, 7) is 3.43. The normalized spacial score (nSPS) is 18.3. The van der Waals surface area contributed by atoms with Crippen LogP contribution < -0.4 is 5.32 Å². The summed E-state index contributed by atoms with van der Waals surface area (Å²) in [6, 6.07) is 6.17. The number of hydrogen-bond donors (Lipinski definition) is 1. The van der Waals surface area contributed by atoms with Crippen molar-refractivity contribution in [3.63, 3.8) is 0 Å². The molecule has 2 aromatic rings. The van der Waals surface area contributed by atoms with Gasteiger partial charge in [0.1, 0.15) is 11.6 Å². The molecule has 0 unspecified atom stereocenters. The number of halogens is 1. The molecule has 1 N–H and O–H groups in total. The second-order valence-electron chi connectivity index (χ2n) is 8.52. The summed E-state index contributed by atoms with van der Waals surface area (Å²) in [5.41, 5.74) is 2.87. The largest absolute Gasteiger partial charge is 0.373 e. The number of aromatic nitrogens is 2. The summed E-state index contributed by atoms with van der Waals surface area (Å²) in [7, 11) is 1.82. The van der Waals surface area contributed by atoms with Crippen molar-refractivity contribution < 1.29 is 14.0 Å². The van der Waals surface area contributed by atoms with Gasteiger partial charge in [-0.05, 0) is 43.4 Å². The SMILES string of the molecule is CNc1nc([C@@H]2CCCCN2C(=O)CCc2ccc(F)cc2)nc2c1CN(C(C)=O)CC2. The summed E-state index contributed by atoms with van der Waals surface area (Å²) >= 11 is 0. The van der Waals surface area contributed by atoms with Crippen molar-refractivity contribution in [3.8, 4) is 0 Å². The number of nitrogens with zero attached hydrogens (tertiary/aromatic N) is 4. The van der Waals surface area contributed by atoms with Crippen molar-refractivity contribution in [2.45, 2.75) is 58.0 Å². The Kier molecular flexibility index (Phi) is 6.67. The fourth-order valence-electron chi connectivity index (χ4n) is 4.60. The minimum absolute atomic E-state index is 0.0481. The van der Waals surface area contributed by atoms with E-state index >= 15 is 0 Å². The zero-order valence-corrected chi connectivity index (χ0v) is 18.7. The van der Waals surface area contributed by atoms with Gasteiger partial charge < -0.3 is 15.1 Å². The number of carbonyl (C=O) groups excluding carboxylic acids is 2. The Morgan fingerprint density at radius 2 is 1.94 bits per heavy atom. The summed E-state index contributed by atoms with van der Waals surface area (Å²) in [6.07, 6.45) is 4.47. The lowest BCUT2D eigenvalue weighted by molar-refractivity contribution is -0.135. The summed E-state index contributed by atoms with van der Waals surface area (Å²) < 4.78 is 13.1. The Morgan fingerprint density at radius 3 is 2.66 bits per heavy atom. The zero-order valence-electron chi connectivity index (χ0n) is 18.7. The van der Waals surface area contributed by atoms with Gasteiger partial charge >= 0.3 is 0 Å². The highest BCUT2D eigenvalue weighted by atomic mass is 19.1. The molecule has 2 aliphatic rings. The van der Waals surface area contributed by atoms with Crippen LogP contribution in [0.25, 0.3) is 0 Å². The van der Waals surface area contributed by atoms with Crippen molar-refractivity contribution in [1.29, 1.82) is 0 Å². The first-order valence-corrected chi connectivity index (χ1v) is 11.3. The molecule has 1 aromatic heterocycles. The summed E-state index contributed by atoms with van der Waals surface area (Å²) in [5.74, 6) is 1.27. The van der Waals surface area contributed by atoms with Crippen LogP contribution in [-0.4, -0.2) is 51.7 Å². The smallest absolute Gasteiger partial charge is 0.223 e. The van der Waals surface area contributed by atoms with Crippen LogP contribution in [0.15, 0.2) is 24.3 Å². The number of benzene rings is 1. The van der Waals surface area contributed by atoms with Crippen LogP contribution in [0.5, 0.6) is 0 Å². The van der Waals surface area contributed by atoms with Gasteiger partial charge in [0.05, 0.1) is 18.3 Å². The maximum absolute atomic E-state index is 13.1. The standard InChI is InChI=1S/C24H30FN5O2/c1-16(31)29-14-12-20-19(15-29)23(26-2)28-24(27-20)21-5-3-4-13-30(21)22(32)11-8-17-6-9-18(25)10-7-17/h6-7,9-10,21H,3-5,8,11-15H2,1-2H3,(H,26,27,28)/t21-/m0/s1. The van der Waals surface area contributed by atoms with Crippen LogP contribution in [0.3, 0.4) is 0 Å². The maximum Gasteiger partial charge on any atom is 0.223 e. The van der Waals surface area contributed by atoms with Gasteiger partial charge in [-0.15, -0.1) is 0 Å². The first-order valence-electron chi connectivity index (χ1n) is 11.3. The van der Waals surface area contributed by atoms with Gasteiger partial charge in [-0.1, -0.05) is 12.1 Å². The molecule has 0 bridgehead atoms. The third-order valence-electron chi connectivity index (χ3n) is 6.42. The summed E-state index contributed by atoms with van der Waals surface area (Å²) in [5, 5.41) is 3.17. The molecule has 1 fully saturated rings. The first kappa shape index (κ1) is 22.2. The molecule has 7 nitrogen and oxygen atoms in total. The molecule has 0 saturated carbocycles. The number of amides is 2. The Labute approximate surface area is 188 Å². The topological polar surface area (TPSA) is 78.4 Å². The van der Waals surface area contributed by atoms with Gasteiger partial charge in [0.2, 0.25) is 11.8 Å². The van der Waals surface area contributed by atoms with Crippen molar-refractivity contribution >= 4 is 17.6 Å². The van der Waals surface area contributed by atoms with E-state index in [-0.39, 0.29) is 23.7 Å². The van der Waals surface area contributed by atoms with Crippen LogP contribution in [0, 0.1) is 5.82 Å². The van der Waals surface area contributed by atoms with Crippen molar-refractivity contribution in [3.05, 3.63) is 52.7 Å². The average molecular weight is 440 g/mol. The number of likely N-dealkylation sites (tertiary alicyclic amines) is 1. The predicted octanol–water partition coefficient (Wildman–Crippen LogP) is 3.25. The van der Waals surface area contributed by atoms with Gasteiger partial charge in [0.15, 0.2) is 5.82 Å². The third-order valence-corrected chi connectivity index (χ3v) is 6.42. The molecule has 0 aliphatic carbocycles. The maximum atomic E-state index is 13.1. The first-order chi connectivity index (χ1) is 15.5. The predicted molar refractivity (Wildman–Crippen MR) is 119 cm³/mol. The van der Waals surface area contributed by atoms with Gasteiger partial charge in [-0.3, -0.25) is 9.59 Å². The van der Waals surface area contributed by atoms with E-state index in [0.29, 0.717) is 44.7 Å². The molecular weight excluding hydrogens is 409 g/mol. The molecule has 170 valence electrons. The molecule has 2 amide bonds. The molecule has 1 saturated heterocycles. The van der Waals surface area contributed by atoms with Crippen LogP contribution in [0.2, 0.25) is 0 Å². The number of hydrogen-bond acceptors (Lipinski definition) is 5. The van der Waals surface area contributed by atoms with Gasteiger partial charge in [-0.25, -0.2) is 14.4 Å². The highest BCUT2D eigenvalue weighted by Gasteiger charge is 2.32. The second kappa shape index (κ2) is 9.63. The van der Waals surface area contributed by atoms with Crippen molar-refractivity contribution in [1.82, 2.24) is 19.8 Å². The van der Waals surface area contributed by atoms with Crippen molar-refractivity contribution in [2.75, 3.05) is 25.5 Å². The molecule has 0 spiro atoms. The van der Waals surface area contributed by atoms with E-state index in [0.717, 1.165) is 41.9 Å². The molecule has 8 heteroatoms. The van der Waals surface area contributed by atoms with Crippen LogP contribution >= 0.6 is 0 Å². The average Bonchev–Trinajstić information content (AvgIpc) is 2.82. The van der Waals surface area contributed by atoms with E-state index < -0.39 is 0 Å². The van der Waals surface area contributed by atoms with E-state index in [1.165, 1.54) is 12.1 Å². The minimum atomic E-state index is -0.271. The number of fused-ring (bicyclic) bond motifs is 1. The fraction of sp³-hybridized carbons (Fsp3) is 0.500. The third kappa shape index (κ3) is 4.74. The summed E-state index contributed by atoms with van der Waals surface area (Å²) in [4.78, 5) is 38.3. The Balaban J connectivity index is 1.53. The molecule has 3 heterocycles. The number of nitrogens with one attached hydrogen (secondary N) is 1. The number of anilines is 1. The molecular formula is C24H30FN5O2. The molecule has 0 radical (unpaired) electrons. The Morgan fingerprint density at radius 1 is 1.16 bits per heavy atom. The monoisotopic (exact) mass is 439 g/mol. The van der Waals surface area contributed by atoms with E-state index in [1.54, 1.807) is 24.0 Å². The lowest BCUT2D eigenvalue weighted by atomic mass is 9.99. The van der Waals surface area contributed by atoms with E-state index in [9.17, 15) is 14.0 Å². The molecule has 4 rings (SSSR count). The van der Waals surface area contributed by atoms with Crippen LogP contribution in [0.1, 0.15) is 61.3 Å². The molecule has 2 aliphatic heterocycles. The van der Waals surface area contributed by atoms with E-state index in [1.807, 2.05) is 11.9 Å². The van der Waals surface area contributed by atoms with Crippen LogP contribution in [-0.2, 0) is 29.0 Å². The number of carbonyl (C=O) groups is 2. The number of rotatable bonds is 5. The number of aryl methyl sites for hydroxylation is 1.